The maximum absolute atomic E-state index is 11.0. The molecule has 2 aliphatic rings. The lowest BCUT2D eigenvalue weighted by molar-refractivity contribution is -0.144. The summed E-state index contributed by atoms with van der Waals surface area (Å²) in [6, 6.07) is 5.70. The van der Waals surface area contributed by atoms with Gasteiger partial charge in [-0.2, -0.15) is 0 Å². The average Bonchev–Trinajstić information content (AvgIpc) is 2.91. The summed E-state index contributed by atoms with van der Waals surface area (Å²) in [7, 11) is 0. The molecule has 0 bridgehead atoms. The van der Waals surface area contributed by atoms with Gasteiger partial charge in [0.15, 0.2) is 6.10 Å². The lowest BCUT2D eigenvalue weighted by atomic mass is 9.85. The Kier molecular flexibility index (Phi) is 4.04. The van der Waals surface area contributed by atoms with Crippen molar-refractivity contribution in [1.82, 2.24) is 0 Å². The molecule has 21 heavy (non-hydrogen) atoms. The molecule has 3 atom stereocenters. The van der Waals surface area contributed by atoms with Crippen LogP contribution in [-0.4, -0.2) is 23.3 Å². The summed E-state index contributed by atoms with van der Waals surface area (Å²) in [5.74, 6) is 1.31. The Morgan fingerprint density at radius 1 is 1.43 bits per heavy atom. The number of benzene rings is 1. The van der Waals surface area contributed by atoms with E-state index in [1.54, 1.807) is 0 Å². The topological polar surface area (TPSA) is 55.8 Å². The van der Waals surface area contributed by atoms with Crippen LogP contribution in [-0.2, 0) is 11.2 Å². The molecule has 1 heterocycles. The number of carboxylic acid groups (broad SMARTS) is 1. The minimum absolute atomic E-state index is 0.276. The summed E-state index contributed by atoms with van der Waals surface area (Å²) in [6.07, 6.45) is 5.93. The third-order valence-corrected chi connectivity index (χ3v) is 4.60. The van der Waals surface area contributed by atoms with Crippen LogP contribution in [0.5, 0.6) is 11.5 Å². The second-order valence-corrected chi connectivity index (χ2v) is 6.10. The fourth-order valence-corrected chi connectivity index (χ4v) is 3.33. The Labute approximate surface area is 125 Å². The van der Waals surface area contributed by atoms with Crippen LogP contribution >= 0.6 is 0 Å². The van der Waals surface area contributed by atoms with Gasteiger partial charge in [0, 0.05) is 12.5 Å². The van der Waals surface area contributed by atoms with E-state index in [1.807, 2.05) is 18.2 Å². The van der Waals surface area contributed by atoms with E-state index in [2.05, 4.69) is 6.92 Å². The van der Waals surface area contributed by atoms with Gasteiger partial charge in [-0.3, -0.25) is 0 Å². The molecule has 0 aromatic heterocycles. The van der Waals surface area contributed by atoms with Gasteiger partial charge in [0.05, 0.1) is 6.10 Å². The summed E-state index contributed by atoms with van der Waals surface area (Å²) >= 11 is 0. The van der Waals surface area contributed by atoms with Gasteiger partial charge in [-0.1, -0.05) is 25.8 Å². The predicted octanol–water partition coefficient (Wildman–Crippen LogP) is 3.42. The first-order valence-electron chi connectivity index (χ1n) is 7.84. The normalized spacial score (nSPS) is 27.8. The smallest absolute Gasteiger partial charge is 0.345 e. The van der Waals surface area contributed by atoms with E-state index in [0.717, 1.165) is 30.1 Å². The number of hydrogen-bond acceptors (Lipinski definition) is 3. The summed E-state index contributed by atoms with van der Waals surface area (Å²) in [5, 5.41) is 9.02. The third-order valence-electron chi connectivity index (χ3n) is 4.60. The quantitative estimate of drug-likeness (QED) is 0.923. The van der Waals surface area contributed by atoms with Crippen LogP contribution in [0, 0.1) is 5.92 Å². The van der Waals surface area contributed by atoms with Crippen molar-refractivity contribution in [2.45, 2.75) is 57.7 Å². The molecule has 1 saturated carbocycles. The molecule has 1 aliphatic heterocycles. The van der Waals surface area contributed by atoms with Crippen molar-refractivity contribution in [3.8, 4) is 11.5 Å². The minimum Gasteiger partial charge on any atom is -0.490 e. The summed E-state index contributed by atoms with van der Waals surface area (Å²) in [6.45, 7) is 2.24. The monoisotopic (exact) mass is 290 g/mol. The fourth-order valence-electron chi connectivity index (χ4n) is 3.33. The summed E-state index contributed by atoms with van der Waals surface area (Å²) in [4.78, 5) is 11.0. The molecular weight excluding hydrogens is 268 g/mol. The van der Waals surface area contributed by atoms with E-state index < -0.39 is 12.1 Å². The lowest BCUT2D eigenvalue weighted by Crippen LogP contribution is -2.25. The molecule has 1 fully saturated rings. The van der Waals surface area contributed by atoms with E-state index in [9.17, 15) is 4.79 Å². The average molecular weight is 290 g/mol. The van der Waals surface area contributed by atoms with Crippen molar-refractivity contribution in [2.75, 3.05) is 0 Å². The van der Waals surface area contributed by atoms with Crippen LogP contribution < -0.4 is 9.47 Å². The van der Waals surface area contributed by atoms with Crippen LogP contribution in [0.4, 0.5) is 0 Å². The van der Waals surface area contributed by atoms with E-state index >= 15 is 0 Å². The largest absolute Gasteiger partial charge is 0.490 e. The molecule has 4 heteroatoms. The first-order chi connectivity index (χ1) is 10.2. The second-order valence-electron chi connectivity index (χ2n) is 6.10. The standard InChI is InChI=1S/C17H22O4/c1-2-11-4-3-5-13(8-11)20-14-7-6-12-9-16(17(18)19)21-15(12)10-14/h6-7,10-11,13,16H,2-5,8-9H2,1H3,(H,18,19). The van der Waals surface area contributed by atoms with E-state index in [1.165, 1.54) is 19.3 Å². The number of fused-ring (bicyclic) bond motifs is 1. The predicted molar refractivity (Wildman–Crippen MR) is 78.9 cm³/mol. The zero-order chi connectivity index (χ0) is 14.8. The highest BCUT2D eigenvalue weighted by Gasteiger charge is 2.29. The third kappa shape index (κ3) is 3.14. The van der Waals surface area contributed by atoms with Crippen LogP contribution in [0.3, 0.4) is 0 Å². The number of hydrogen-bond donors (Lipinski definition) is 1. The van der Waals surface area contributed by atoms with Crippen LogP contribution in [0.25, 0.3) is 0 Å². The van der Waals surface area contributed by atoms with Crippen molar-refractivity contribution in [2.24, 2.45) is 5.92 Å². The zero-order valence-electron chi connectivity index (χ0n) is 12.4. The Morgan fingerprint density at radius 3 is 3.05 bits per heavy atom. The molecule has 0 saturated heterocycles. The second kappa shape index (κ2) is 5.96. The van der Waals surface area contributed by atoms with Gasteiger partial charge >= 0.3 is 5.97 Å². The van der Waals surface area contributed by atoms with Crippen molar-refractivity contribution in [3.63, 3.8) is 0 Å². The van der Waals surface area contributed by atoms with Crippen molar-refractivity contribution < 1.29 is 19.4 Å². The minimum atomic E-state index is -0.910. The number of carbonyl (C=O) groups is 1. The first kappa shape index (κ1) is 14.2. The molecule has 1 aliphatic carbocycles. The van der Waals surface area contributed by atoms with E-state index in [-0.39, 0.29) is 6.10 Å². The Balaban J connectivity index is 1.66. The van der Waals surface area contributed by atoms with Gasteiger partial charge in [-0.25, -0.2) is 4.79 Å². The number of carboxylic acids is 1. The lowest BCUT2D eigenvalue weighted by Gasteiger charge is -2.29. The maximum atomic E-state index is 11.0. The highest BCUT2D eigenvalue weighted by atomic mass is 16.5. The maximum Gasteiger partial charge on any atom is 0.345 e. The Morgan fingerprint density at radius 2 is 2.29 bits per heavy atom. The number of rotatable bonds is 4. The van der Waals surface area contributed by atoms with Gasteiger partial charge in [0.2, 0.25) is 0 Å². The van der Waals surface area contributed by atoms with Crippen LogP contribution in [0.15, 0.2) is 18.2 Å². The highest BCUT2D eigenvalue weighted by Crippen LogP contribution is 2.35. The van der Waals surface area contributed by atoms with Gasteiger partial charge in [-0.15, -0.1) is 0 Å². The molecule has 0 spiro atoms. The Bertz CT molecular complexity index is 526. The van der Waals surface area contributed by atoms with Crippen LogP contribution in [0.1, 0.15) is 44.6 Å². The fraction of sp³-hybridized carbons (Fsp3) is 0.588. The molecule has 4 nitrogen and oxygen atoms in total. The van der Waals surface area contributed by atoms with E-state index in [4.69, 9.17) is 14.6 Å². The van der Waals surface area contributed by atoms with Gasteiger partial charge in [0.1, 0.15) is 11.5 Å². The number of aliphatic carboxylic acids is 1. The zero-order valence-corrected chi connectivity index (χ0v) is 12.4. The highest BCUT2D eigenvalue weighted by molar-refractivity contribution is 5.74. The summed E-state index contributed by atoms with van der Waals surface area (Å²) < 4.78 is 11.5. The molecule has 1 N–H and O–H groups in total. The van der Waals surface area contributed by atoms with E-state index in [0.29, 0.717) is 12.2 Å². The van der Waals surface area contributed by atoms with Crippen molar-refractivity contribution in [1.29, 1.82) is 0 Å². The molecule has 0 radical (unpaired) electrons. The van der Waals surface area contributed by atoms with Crippen molar-refractivity contribution in [3.05, 3.63) is 23.8 Å². The molecule has 3 unspecified atom stereocenters. The van der Waals surface area contributed by atoms with Gasteiger partial charge in [0.25, 0.3) is 0 Å². The molecule has 114 valence electrons. The van der Waals surface area contributed by atoms with Gasteiger partial charge in [-0.05, 0) is 36.8 Å². The van der Waals surface area contributed by atoms with Crippen LogP contribution in [0.2, 0.25) is 0 Å². The SMILES string of the molecule is CCC1CCCC(Oc2ccc3c(c2)OC(C(=O)O)C3)C1. The molecule has 1 aromatic carbocycles. The van der Waals surface area contributed by atoms with Gasteiger partial charge < -0.3 is 14.6 Å². The summed E-state index contributed by atoms with van der Waals surface area (Å²) in [5.41, 5.74) is 0.949. The molecule has 0 amide bonds. The first-order valence-corrected chi connectivity index (χ1v) is 7.84. The molecule has 3 rings (SSSR count). The molecular formula is C17H22O4. The number of ether oxygens (including phenoxy) is 2. The Hall–Kier alpha value is -1.71. The van der Waals surface area contributed by atoms with Crippen molar-refractivity contribution >= 4 is 5.97 Å². The molecule has 1 aromatic rings.